The third kappa shape index (κ3) is 11.2. The summed E-state index contributed by atoms with van der Waals surface area (Å²) in [6.07, 6.45) is 3.18. The average molecular weight is 632 g/mol. The van der Waals surface area contributed by atoms with Crippen LogP contribution in [0.2, 0.25) is 0 Å². The SMILES string of the molecule is CCCCC(/C=C/S(=O)(=O)c1ccccc1)NC(=O)C(CS(=O)(=O)Cc1ccccc1)CS(=O)(=O)Cc1ccccc1. The Balaban J connectivity index is 1.86. The van der Waals surface area contributed by atoms with Gasteiger partial charge in [-0.2, -0.15) is 0 Å². The van der Waals surface area contributed by atoms with Gasteiger partial charge >= 0.3 is 0 Å². The van der Waals surface area contributed by atoms with E-state index in [4.69, 9.17) is 0 Å². The summed E-state index contributed by atoms with van der Waals surface area (Å²) in [7, 11) is -11.6. The number of nitrogens with one attached hydrogen (secondary N) is 1. The maximum absolute atomic E-state index is 13.5. The topological polar surface area (TPSA) is 132 Å². The highest BCUT2D eigenvalue weighted by Gasteiger charge is 2.31. The molecule has 0 aliphatic rings. The second kappa shape index (κ2) is 15.3. The molecule has 0 saturated heterocycles. The number of hydrogen-bond acceptors (Lipinski definition) is 7. The van der Waals surface area contributed by atoms with Crippen LogP contribution in [0.3, 0.4) is 0 Å². The molecule has 0 bridgehead atoms. The summed E-state index contributed by atoms with van der Waals surface area (Å²) in [5, 5.41) is 3.75. The molecule has 3 aromatic rings. The number of sulfone groups is 3. The van der Waals surface area contributed by atoms with Gasteiger partial charge in [0.2, 0.25) is 5.91 Å². The summed E-state index contributed by atoms with van der Waals surface area (Å²) in [6.45, 7) is 1.94. The van der Waals surface area contributed by atoms with E-state index in [2.05, 4.69) is 5.32 Å². The molecule has 226 valence electrons. The van der Waals surface area contributed by atoms with Crippen LogP contribution in [0.4, 0.5) is 0 Å². The Morgan fingerprint density at radius 2 is 1.17 bits per heavy atom. The molecule has 0 aromatic heterocycles. The Bertz CT molecular complexity index is 1570. The quantitative estimate of drug-likeness (QED) is 0.246. The van der Waals surface area contributed by atoms with Crippen molar-refractivity contribution in [3.05, 3.63) is 114 Å². The highest BCUT2D eigenvalue weighted by atomic mass is 32.2. The molecule has 3 aromatic carbocycles. The van der Waals surface area contributed by atoms with Gasteiger partial charge in [-0.1, -0.05) is 105 Å². The van der Waals surface area contributed by atoms with E-state index in [1.807, 2.05) is 6.92 Å². The standard InChI is InChI=1S/C31H37NO7S3/c1-2-3-17-29(20-21-42(38,39)30-18-11-6-12-19-30)32-31(33)28(24-40(34,35)22-26-13-7-4-8-14-26)25-41(36,37)23-27-15-9-5-10-16-27/h4-16,18-21,28-29H,2-3,17,22-25H2,1H3,(H,32,33)/b21-20+. The number of rotatable bonds is 16. The van der Waals surface area contributed by atoms with Crippen LogP contribution in [-0.4, -0.2) is 48.7 Å². The zero-order valence-corrected chi connectivity index (χ0v) is 26.0. The molecule has 1 unspecified atom stereocenters. The molecule has 0 aliphatic heterocycles. The van der Waals surface area contributed by atoms with Crippen LogP contribution in [0.25, 0.3) is 0 Å². The molecular weight excluding hydrogens is 595 g/mol. The van der Waals surface area contributed by atoms with Crippen molar-refractivity contribution >= 4 is 35.4 Å². The maximum Gasteiger partial charge on any atom is 0.225 e. The maximum atomic E-state index is 13.5. The predicted octanol–water partition coefficient (Wildman–Crippen LogP) is 4.50. The van der Waals surface area contributed by atoms with Crippen LogP contribution in [0.5, 0.6) is 0 Å². The lowest BCUT2D eigenvalue weighted by atomic mass is 10.1. The van der Waals surface area contributed by atoms with Crippen molar-refractivity contribution in [2.24, 2.45) is 5.92 Å². The summed E-state index contributed by atoms with van der Waals surface area (Å²) in [6, 6.07) is 24.0. The van der Waals surface area contributed by atoms with E-state index in [1.165, 1.54) is 18.2 Å². The van der Waals surface area contributed by atoms with Crippen LogP contribution >= 0.6 is 0 Å². The molecule has 11 heteroatoms. The fourth-order valence-electron chi connectivity index (χ4n) is 4.41. The van der Waals surface area contributed by atoms with Gasteiger partial charge in [0.15, 0.2) is 29.5 Å². The van der Waals surface area contributed by atoms with Gasteiger partial charge in [-0.3, -0.25) is 4.79 Å². The third-order valence-electron chi connectivity index (χ3n) is 6.50. The van der Waals surface area contributed by atoms with Crippen molar-refractivity contribution in [1.29, 1.82) is 0 Å². The van der Waals surface area contributed by atoms with Crippen LogP contribution in [-0.2, 0) is 45.8 Å². The van der Waals surface area contributed by atoms with Crippen LogP contribution in [0, 0.1) is 5.92 Å². The molecule has 1 atom stereocenters. The monoisotopic (exact) mass is 631 g/mol. The second-order valence-corrected chi connectivity index (χ2v) is 16.3. The molecule has 0 fully saturated rings. The van der Waals surface area contributed by atoms with Crippen molar-refractivity contribution in [2.45, 2.75) is 48.6 Å². The van der Waals surface area contributed by atoms with Crippen molar-refractivity contribution in [3.63, 3.8) is 0 Å². The lowest BCUT2D eigenvalue weighted by Crippen LogP contribution is -2.43. The third-order valence-corrected chi connectivity index (χ3v) is 11.3. The minimum Gasteiger partial charge on any atom is -0.350 e. The molecule has 0 radical (unpaired) electrons. The van der Waals surface area contributed by atoms with E-state index in [0.29, 0.717) is 24.0 Å². The Morgan fingerprint density at radius 1 is 0.714 bits per heavy atom. The first-order valence-corrected chi connectivity index (χ1v) is 18.9. The number of amides is 1. The van der Waals surface area contributed by atoms with E-state index in [1.54, 1.807) is 78.9 Å². The largest absolute Gasteiger partial charge is 0.350 e. The fourth-order valence-corrected chi connectivity index (χ4v) is 9.06. The van der Waals surface area contributed by atoms with E-state index in [0.717, 1.165) is 11.8 Å². The highest BCUT2D eigenvalue weighted by Crippen LogP contribution is 2.17. The molecule has 8 nitrogen and oxygen atoms in total. The second-order valence-electron chi connectivity index (χ2n) is 10.2. The molecule has 0 heterocycles. The summed E-state index contributed by atoms with van der Waals surface area (Å²) < 4.78 is 78.2. The van der Waals surface area contributed by atoms with Gasteiger partial charge < -0.3 is 5.32 Å². The number of unbranched alkanes of at least 4 members (excludes halogenated alkanes) is 1. The molecule has 0 saturated carbocycles. The zero-order valence-electron chi connectivity index (χ0n) is 23.5. The van der Waals surface area contributed by atoms with Gasteiger partial charge in [0.25, 0.3) is 0 Å². The minimum absolute atomic E-state index is 0.0960. The smallest absolute Gasteiger partial charge is 0.225 e. The predicted molar refractivity (Wildman–Crippen MR) is 166 cm³/mol. The number of benzene rings is 3. The van der Waals surface area contributed by atoms with E-state index >= 15 is 0 Å². The fraction of sp³-hybridized carbons (Fsp3) is 0.323. The molecule has 0 aliphatic carbocycles. The molecule has 0 spiro atoms. The summed E-state index contributed by atoms with van der Waals surface area (Å²) in [5.74, 6) is -4.18. The van der Waals surface area contributed by atoms with Crippen LogP contribution < -0.4 is 5.32 Å². The van der Waals surface area contributed by atoms with Crippen LogP contribution in [0.1, 0.15) is 37.3 Å². The normalized spacial score (nSPS) is 13.3. The van der Waals surface area contributed by atoms with Crippen molar-refractivity contribution in [1.82, 2.24) is 5.32 Å². The average Bonchev–Trinajstić information content (AvgIpc) is 2.95. The van der Waals surface area contributed by atoms with E-state index in [-0.39, 0.29) is 16.4 Å². The first kappa shape index (κ1) is 33.2. The van der Waals surface area contributed by atoms with Crippen molar-refractivity contribution < 1.29 is 30.0 Å². The number of hydrogen-bond donors (Lipinski definition) is 1. The summed E-state index contributed by atoms with van der Waals surface area (Å²) in [5.41, 5.74) is 1.05. The Kier molecular flexibility index (Phi) is 12.1. The van der Waals surface area contributed by atoms with Crippen molar-refractivity contribution in [3.8, 4) is 0 Å². The van der Waals surface area contributed by atoms with Gasteiger partial charge in [0.1, 0.15) is 0 Å². The Labute approximate surface area is 249 Å². The zero-order chi connectivity index (χ0) is 30.6. The number of carbonyl (C=O) groups is 1. The van der Waals surface area contributed by atoms with Crippen LogP contribution in [0.15, 0.2) is 107 Å². The van der Waals surface area contributed by atoms with E-state index < -0.39 is 58.9 Å². The molecule has 42 heavy (non-hydrogen) atoms. The highest BCUT2D eigenvalue weighted by molar-refractivity contribution is 7.94. The first-order chi connectivity index (χ1) is 19.9. The first-order valence-electron chi connectivity index (χ1n) is 13.7. The molecular formula is C31H37NO7S3. The molecule has 1 N–H and O–H groups in total. The Hall–Kier alpha value is -3.28. The van der Waals surface area contributed by atoms with Crippen molar-refractivity contribution in [2.75, 3.05) is 11.5 Å². The van der Waals surface area contributed by atoms with Gasteiger partial charge in [-0.15, -0.1) is 0 Å². The minimum atomic E-state index is -3.89. The van der Waals surface area contributed by atoms with Gasteiger partial charge in [-0.05, 0) is 29.7 Å². The van der Waals surface area contributed by atoms with Gasteiger partial charge in [-0.25, -0.2) is 25.3 Å². The lowest BCUT2D eigenvalue weighted by molar-refractivity contribution is -0.124. The van der Waals surface area contributed by atoms with Gasteiger partial charge in [0, 0.05) is 11.4 Å². The molecule has 3 rings (SSSR count). The lowest BCUT2D eigenvalue weighted by Gasteiger charge is -2.21. The molecule has 1 amide bonds. The Morgan fingerprint density at radius 3 is 1.62 bits per heavy atom. The summed E-state index contributed by atoms with van der Waals surface area (Å²) in [4.78, 5) is 13.6. The summed E-state index contributed by atoms with van der Waals surface area (Å²) >= 11 is 0. The van der Waals surface area contributed by atoms with Gasteiger partial charge in [0.05, 0.1) is 33.8 Å². The number of carbonyl (C=O) groups excluding carboxylic acids is 1. The van der Waals surface area contributed by atoms with E-state index in [9.17, 15) is 30.0 Å².